The molecule has 3 aliphatic heterocycles. The van der Waals surface area contributed by atoms with Gasteiger partial charge in [-0.15, -0.1) is 0 Å². The lowest BCUT2D eigenvalue weighted by Gasteiger charge is -2.42. The highest BCUT2D eigenvalue weighted by molar-refractivity contribution is 7.89. The van der Waals surface area contributed by atoms with E-state index in [1.807, 2.05) is 6.07 Å². The van der Waals surface area contributed by atoms with Gasteiger partial charge in [0, 0.05) is 49.4 Å². The molecular formula is C19H18FN3O5S. The van der Waals surface area contributed by atoms with Crippen LogP contribution in [0.2, 0.25) is 0 Å². The number of sulfonamides is 1. The number of anilines is 1. The second kappa shape index (κ2) is 6.39. The molecule has 1 N–H and O–H groups in total. The molecule has 2 aromatic rings. The van der Waals surface area contributed by atoms with Gasteiger partial charge in [-0.3, -0.25) is 9.59 Å². The van der Waals surface area contributed by atoms with Crippen LogP contribution < -0.4 is 15.6 Å². The van der Waals surface area contributed by atoms with E-state index in [1.54, 1.807) is 10.6 Å². The van der Waals surface area contributed by atoms with Gasteiger partial charge in [0.2, 0.25) is 10.0 Å². The molecule has 1 aromatic heterocycles. The molecule has 1 fully saturated rings. The second-order valence-electron chi connectivity index (χ2n) is 7.64. The number of carbonyl (C=O) groups is 1. The Hall–Kier alpha value is -2.72. The zero-order chi connectivity index (χ0) is 20.3. The number of fused-ring (bicyclic) bond motifs is 5. The molecule has 10 heteroatoms. The molecule has 5 rings (SSSR count). The summed E-state index contributed by atoms with van der Waals surface area (Å²) in [4.78, 5) is 23.1. The van der Waals surface area contributed by atoms with E-state index in [4.69, 9.17) is 4.74 Å². The fraction of sp³-hybridized carbons (Fsp3) is 0.368. The van der Waals surface area contributed by atoms with Crippen LogP contribution in [0.3, 0.4) is 0 Å². The van der Waals surface area contributed by atoms with E-state index in [1.165, 1.54) is 10.4 Å². The second-order valence-corrected chi connectivity index (χ2v) is 9.54. The Kier molecular flexibility index (Phi) is 4.04. The minimum Gasteiger partial charge on any atom is -0.482 e. The van der Waals surface area contributed by atoms with Gasteiger partial charge < -0.3 is 14.6 Å². The van der Waals surface area contributed by atoms with Gasteiger partial charge >= 0.3 is 0 Å². The Balaban J connectivity index is 1.51. The summed E-state index contributed by atoms with van der Waals surface area (Å²) < 4.78 is 49.4. The Morgan fingerprint density at radius 3 is 2.79 bits per heavy atom. The van der Waals surface area contributed by atoms with Crippen molar-refractivity contribution in [1.29, 1.82) is 0 Å². The third kappa shape index (κ3) is 2.94. The number of piperidine rings is 1. The summed E-state index contributed by atoms with van der Waals surface area (Å²) in [5.74, 6) is -1.39. The molecule has 4 heterocycles. The summed E-state index contributed by atoms with van der Waals surface area (Å²) >= 11 is 0. The van der Waals surface area contributed by atoms with E-state index < -0.39 is 26.6 Å². The molecule has 0 saturated carbocycles. The maximum absolute atomic E-state index is 14.7. The molecule has 2 unspecified atom stereocenters. The lowest BCUT2D eigenvalue weighted by Crippen LogP contribution is -2.49. The number of pyridine rings is 1. The van der Waals surface area contributed by atoms with Crippen molar-refractivity contribution in [3.63, 3.8) is 0 Å². The van der Waals surface area contributed by atoms with Crippen LogP contribution in [0.15, 0.2) is 40.0 Å². The topological polar surface area (TPSA) is 97.7 Å². The van der Waals surface area contributed by atoms with Crippen molar-refractivity contribution in [2.45, 2.75) is 23.8 Å². The van der Waals surface area contributed by atoms with Gasteiger partial charge in [-0.2, -0.15) is 4.31 Å². The molecule has 1 amide bonds. The molecule has 8 nitrogen and oxygen atoms in total. The standard InChI is InChI=1S/C19H18FN3O5S/c20-13-5-14-16(28-10-18(24)21-14)6-17(13)29(26,27)22-7-11-4-12(9-22)15-2-1-3-19(25)23(15)8-11/h1-3,5-6,11-12H,4,7-10H2,(H,21,24). The van der Waals surface area contributed by atoms with E-state index in [2.05, 4.69) is 5.32 Å². The average molecular weight is 419 g/mol. The molecule has 2 bridgehead atoms. The summed E-state index contributed by atoms with van der Waals surface area (Å²) in [6, 6.07) is 7.12. The monoisotopic (exact) mass is 419 g/mol. The van der Waals surface area contributed by atoms with Crippen molar-refractivity contribution in [1.82, 2.24) is 8.87 Å². The van der Waals surface area contributed by atoms with Gasteiger partial charge in [0.05, 0.1) is 5.69 Å². The van der Waals surface area contributed by atoms with Crippen LogP contribution in [0.1, 0.15) is 18.0 Å². The number of hydrogen-bond acceptors (Lipinski definition) is 5. The molecular weight excluding hydrogens is 401 g/mol. The van der Waals surface area contributed by atoms with E-state index in [9.17, 15) is 22.4 Å². The molecule has 3 aliphatic rings. The largest absolute Gasteiger partial charge is 0.482 e. The van der Waals surface area contributed by atoms with E-state index in [0.29, 0.717) is 6.54 Å². The highest BCUT2D eigenvalue weighted by Gasteiger charge is 2.40. The predicted octanol–water partition coefficient (Wildman–Crippen LogP) is 1.13. The van der Waals surface area contributed by atoms with Gasteiger partial charge in [0.25, 0.3) is 11.5 Å². The number of amides is 1. The average Bonchev–Trinajstić information content (AvgIpc) is 2.68. The highest BCUT2D eigenvalue weighted by Crippen LogP contribution is 2.39. The quantitative estimate of drug-likeness (QED) is 0.787. The fourth-order valence-electron chi connectivity index (χ4n) is 4.47. The van der Waals surface area contributed by atoms with Crippen LogP contribution in [0, 0.1) is 11.7 Å². The van der Waals surface area contributed by atoms with E-state index in [-0.39, 0.29) is 48.5 Å². The summed E-state index contributed by atoms with van der Waals surface area (Å²) in [6.07, 6.45) is 0.789. The number of benzene rings is 1. The lowest BCUT2D eigenvalue weighted by molar-refractivity contribution is -0.118. The molecule has 2 atom stereocenters. The summed E-state index contributed by atoms with van der Waals surface area (Å²) in [5, 5.41) is 2.46. The number of nitrogens with one attached hydrogen (secondary N) is 1. The van der Waals surface area contributed by atoms with E-state index >= 15 is 0 Å². The Morgan fingerprint density at radius 2 is 1.97 bits per heavy atom. The van der Waals surface area contributed by atoms with Crippen molar-refractivity contribution in [3.05, 3.63) is 52.2 Å². The van der Waals surface area contributed by atoms with Crippen LogP contribution >= 0.6 is 0 Å². The SMILES string of the molecule is O=C1COc2cc(S(=O)(=O)N3CC4CC(C3)c3cccc(=O)n3C4)c(F)cc2N1. The molecule has 0 radical (unpaired) electrons. The normalized spacial score (nSPS) is 23.6. The first-order chi connectivity index (χ1) is 13.8. The van der Waals surface area contributed by atoms with Crippen molar-refractivity contribution >= 4 is 21.6 Å². The molecule has 0 spiro atoms. The lowest BCUT2D eigenvalue weighted by atomic mass is 9.84. The number of rotatable bonds is 2. The van der Waals surface area contributed by atoms with Gasteiger partial charge in [-0.05, 0) is 18.4 Å². The first-order valence-electron chi connectivity index (χ1n) is 9.29. The van der Waals surface area contributed by atoms with Crippen molar-refractivity contribution < 1.29 is 22.3 Å². The zero-order valence-corrected chi connectivity index (χ0v) is 16.1. The van der Waals surface area contributed by atoms with Gasteiger partial charge in [-0.1, -0.05) is 6.07 Å². The smallest absolute Gasteiger partial charge is 0.262 e. The van der Waals surface area contributed by atoms with Crippen LogP contribution in [-0.4, -0.2) is 42.9 Å². The van der Waals surface area contributed by atoms with Crippen molar-refractivity contribution in [2.75, 3.05) is 25.0 Å². The third-order valence-corrected chi connectivity index (χ3v) is 7.58. The van der Waals surface area contributed by atoms with Crippen LogP contribution in [0.4, 0.5) is 10.1 Å². The predicted molar refractivity (Wildman–Crippen MR) is 101 cm³/mol. The van der Waals surface area contributed by atoms with Crippen LogP contribution in [0.5, 0.6) is 5.75 Å². The Labute approximate surface area is 165 Å². The maximum Gasteiger partial charge on any atom is 0.262 e. The molecule has 1 aromatic carbocycles. The summed E-state index contributed by atoms with van der Waals surface area (Å²) in [5.41, 5.74) is 0.834. The summed E-state index contributed by atoms with van der Waals surface area (Å²) in [6.45, 7) is 0.584. The summed E-state index contributed by atoms with van der Waals surface area (Å²) in [7, 11) is -4.12. The number of nitrogens with zero attached hydrogens (tertiary/aromatic N) is 2. The number of halogens is 1. The molecule has 152 valence electrons. The van der Waals surface area contributed by atoms with E-state index in [0.717, 1.165) is 24.2 Å². The Bertz CT molecular complexity index is 1190. The molecule has 29 heavy (non-hydrogen) atoms. The Morgan fingerprint density at radius 1 is 1.14 bits per heavy atom. The first-order valence-corrected chi connectivity index (χ1v) is 10.7. The van der Waals surface area contributed by atoms with Crippen molar-refractivity contribution in [3.8, 4) is 5.75 Å². The number of aromatic nitrogens is 1. The zero-order valence-electron chi connectivity index (χ0n) is 15.3. The van der Waals surface area contributed by atoms with Gasteiger partial charge in [0.1, 0.15) is 16.5 Å². The third-order valence-electron chi connectivity index (χ3n) is 5.73. The molecule has 0 aliphatic carbocycles. The maximum atomic E-state index is 14.7. The highest BCUT2D eigenvalue weighted by atomic mass is 32.2. The van der Waals surface area contributed by atoms with Crippen LogP contribution in [-0.2, 0) is 21.4 Å². The number of carbonyl (C=O) groups excluding carboxylic acids is 1. The fourth-order valence-corrected chi connectivity index (χ4v) is 6.09. The van der Waals surface area contributed by atoms with Gasteiger partial charge in [-0.25, -0.2) is 12.8 Å². The minimum atomic E-state index is -4.12. The van der Waals surface area contributed by atoms with Gasteiger partial charge in [0.15, 0.2) is 6.61 Å². The number of ether oxygens (including phenoxy) is 1. The van der Waals surface area contributed by atoms with Crippen LogP contribution in [0.25, 0.3) is 0 Å². The van der Waals surface area contributed by atoms with Crippen molar-refractivity contribution in [2.24, 2.45) is 5.92 Å². The first kappa shape index (κ1) is 18.3. The number of hydrogen-bond donors (Lipinski definition) is 1. The molecule has 1 saturated heterocycles. The minimum absolute atomic E-state index is 0.0210.